The Kier molecular flexibility index (Phi) is 6.05. The predicted molar refractivity (Wildman–Crippen MR) is 122 cm³/mol. The molecule has 7 N–H and O–H groups in total. The maximum Gasteiger partial charge on any atom is 0.319 e. The summed E-state index contributed by atoms with van der Waals surface area (Å²) >= 11 is 0. The molecule has 0 aromatic heterocycles. The summed E-state index contributed by atoms with van der Waals surface area (Å²) in [5.74, 6) is -13.9. The van der Waals surface area contributed by atoms with Crippen LogP contribution in [0, 0.1) is 23.7 Å². The largest absolute Gasteiger partial charge is 0.505 e. The van der Waals surface area contributed by atoms with Gasteiger partial charge >= 0.3 is 6.03 Å². The quantitative estimate of drug-likeness (QED) is 0.173. The van der Waals surface area contributed by atoms with Crippen molar-refractivity contribution in [2.24, 2.45) is 29.4 Å². The number of aromatic hydroxyl groups is 1. The molecule has 0 heterocycles. The number of anilines is 1. The third-order valence-corrected chi connectivity index (χ3v) is 7.51. The molecule has 3 amide bonds. The molecule has 4 rings (SSSR count). The molecule has 0 aliphatic heterocycles. The van der Waals surface area contributed by atoms with E-state index in [4.69, 9.17) is 5.73 Å². The number of aliphatic hydroxyl groups excluding tert-OH is 1. The van der Waals surface area contributed by atoms with Crippen molar-refractivity contribution in [1.82, 2.24) is 5.32 Å². The number of benzene rings is 1. The minimum atomic E-state index is -2.99. The number of Topliss-reactive ketones (excluding diaryl/α,β-unsaturated/α-hetero) is 4. The molecule has 12 heteroatoms. The van der Waals surface area contributed by atoms with Crippen LogP contribution in [0.1, 0.15) is 35.2 Å². The van der Waals surface area contributed by atoms with Gasteiger partial charge in [0, 0.05) is 24.8 Å². The van der Waals surface area contributed by atoms with E-state index in [1.165, 1.54) is 18.2 Å². The van der Waals surface area contributed by atoms with Crippen LogP contribution >= 0.6 is 0 Å². The second-order valence-corrected chi connectivity index (χ2v) is 9.36. The van der Waals surface area contributed by atoms with Gasteiger partial charge in [-0.1, -0.05) is 19.1 Å². The maximum absolute atomic E-state index is 13.6. The van der Waals surface area contributed by atoms with Crippen LogP contribution in [0.2, 0.25) is 0 Å². The van der Waals surface area contributed by atoms with Gasteiger partial charge in [0.2, 0.25) is 5.91 Å². The van der Waals surface area contributed by atoms with E-state index in [1.54, 1.807) is 6.92 Å². The van der Waals surface area contributed by atoms with Gasteiger partial charge in [-0.3, -0.25) is 24.0 Å². The molecule has 0 spiro atoms. The Bertz CT molecular complexity index is 1240. The molecule has 1 aromatic carbocycles. The number of carbonyl (C=O) groups excluding carboxylic acids is 6. The van der Waals surface area contributed by atoms with Crippen molar-refractivity contribution in [3.63, 3.8) is 0 Å². The molecule has 3 aliphatic carbocycles. The number of hydrogen-bond acceptors (Lipinski definition) is 9. The number of phenols is 1. The number of nitrogens with two attached hydrogens (primary N) is 1. The first kappa shape index (κ1) is 25.2. The molecule has 1 aromatic rings. The number of carbonyl (C=O) groups is 6. The fourth-order valence-corrected chi connectivity index (χ4v) is 5.79. The molecule has 12 nitrogen and oxygen atoms in total. The van der Waals surface area contributed by atoms with E-state index in [1.807, 2.05) is 0 Å². The standard InChI is InChI=1S/C24H25N3O9/c1-3-6-26-23(35)27-11-5-4-9-8(2)13-16(19(31)14(9)18(11)30)21(33)24(36)10(17(13)29)7-12(28)15(20(24)32)22(25)34/h3-5,8,10,13,15-17,29-30,36H,1,6-7H2,2H3,(H2,25,34)(H2,26,27,35)/t8-,10+,13+,15?,16?,17+,24+/m0/s1. The SMILES string of the molecule is C=CCNC(=O)Nc1ccc2c(c1O)C(=O)C1C(=O)[C@]3(O)C(=O)C(C(N)=O)C(=O)C[C@@H]3[C@@H](O)[C@@H]1[C@H]2C. The van der Waals surface area contributed by atoms with E-state index in [-0.39, 0.29) is 23.4 Å². The molecule has 2 fully saturated rings. The second-order valence-electron chi connectivity index (χ2n) is 9.36. The number of nitrogens with one attached hydrogen (secondary N) is 2. The number of ketones is 4. The van der Waals surface area contributed by atoms with Crippen molar-refractivity contribution in [2.45, 2.75) is 31.0 Å². The number of aliphatic hydroxyl groups is 2. The van der Waals surface area contributed by atoms with Crippen molar-refractivity contribution in [3.05, 3.63) is 35.9 Å². The van der Waals surface area contributed by atoms with Crippen molar-refractivity contribution in [1.29, 1.82) is 0 Å². The molecule has 2 saturated carbocycles. The highest BCUT2D eigenvalue weighted by Gasteiger charge is 2.69. The Hall–Kier alpha value is -3.90. The smallest absolute Gasteiger partial charge is 0.319 e. The second kappa shape index (κ2) is 8.64. The van der Waals surface area contributed by atoms with Gasteiger partial charge in [-0.2, -0.15) is 0 Å². The van der Waals surface area contributed by atoms with Crippen LogP contribution in [0.25, 0.3) is 0 Å². The summed E-state index contributed by atoms with van der Waals surface area (Å²) in [5.41, 5.74) is 1.99. The lowest BCUT2D eigenvalue weighted by molar-refractivity contribution is -0.189. The van der Waals surface area contributed by atoms with Crippen LogP contribution in [-0.2, 0) is 19.2 Å². The molecule has 36 heavy (non-hydrogen) atoms. The first-order chi connectivity index (χ1) is 16.9. The third-order valence-electron chi connectivity index (χ3n) is 7.51. The zero-order valence-electron chi connectivity index (χ0n) is 19.2. The van der Waals surface area contributed by atoms with Crippen LogP contribution in [0.5, 0.6) is 5.75 Å². The molecule has 0 saturated heterocycles. The minimum absolute atomic E-state index is 0.131. The average Bonchev–Trinajstić information content (AvgIpc) is 2.81. The van der Waals surface area contributed by atoms with E-state index in [9.17, 15) is 44.1 Å². The van der Waals surface area contributed by atoms with Gasteiger partial charge in [-0.05, 0) is 17.5 Å². The fourth-order valence-electron chi connectivity index (χ4n) is 5.79. The van der Waals surface area contributed by atoms with E-state index >= 15 is 0 Å². The van der Waals surface area contributed by atoms with Crippen molar-refractivity contribution < 1.29 is 44.1 Å². The number of fused-ring (bicyclic) bond motifs is 3. The van der Waals surface area contributed by atoms with Crippen LogP contribution in [0.15, 0.2) is 24.8 Å². The minimum Gasteiger partial charge on any atom is -0.505 e. The summed E-state index contributed by atoms with van der Waals surface area (Å²) < 4.78 is 0. The van der Waals surface area contributed by atoms with Gasteiger partial charge in [0.25, 0.3) is 0 Å². The first-order valence-electron chi connectivity index (χ1n) is 11.2. The number of urea groups is 1. The zero-order chi connectivity index (χ0) is 26.7. The molecule has 0 bridgehead atoms. The number of amides is 3. The van der Waals surface area contributed by atoms with Crippen molar-refractivity contribution in [3.8, 4) is 5.75 Å². The number of rotatable bonds is 4. The molecular formula is C24H25N3O9. The summed E-state index contributed by atoms with van der Waals surface area (Å²) in [6.07, 6.45) is -0.872. The lowest BCUT2D eigenvalue weighted by Gasteiger charge is -2.52. The third kappa shape index (κ3) is 3.36. The Labute approximate surface area is 204 Å². The molecule has 3 aliphatic rings. The highest BCUT2D eigenvalue weighted by atomic mass is 16.3. The highest BCUT2D eigenvalue weighted by molar-refractivity contribution is 6.31. The van der Waals surface area contributed by atoms with Crippen LogP contribution in [0.4, 0.5) is 10.5 Å². The van der Waals surface area contributed by atoms with Crippen molar-refractivity contribution in [2.75, 3.05) is 11.9 Å². The predicted octanol–water partition coefficient (Wildman–Crippen LogP) is -0.834. The van der Waals surface area contributed by atoms with Gasteiger partial charge < -0.3 is 31.7 Å². The molecule has 0 radical (unpaired) electrons. The lowest BCUT2D eigenvalue weighted by atomic mass is 9.50. The lowest BCUT2D eigenvalue weighted by Crippen LogP contribution is -2.72. The van der Waals surface area contributed by atoms with Gasteiger partial charge in [-0.25, -0.2) is 4.79 Å². The van der Waals surface area contributed by atoms with Gasteiger partial charge in [-0.15, -0.1) is 6.58 Å². The van der Waals surface area contributed by atoms with E-state index < -0.39 is 88.5 Å². The number of hydrogen-bond donors (Lipinski definition) is 6. The Balaban J connectivity index is 1.80. The van der Waals surface area contributed by atoms with Gasteiger partial charge in [0.1, 0.15) is 5.75 Å². The van der Waals surface area contributed by atoms with Crippen LogP contribution in [-0.4, -0.2) is 68.6 Å². The zero-order valence-corrected chi connectivity index (χ0v) is 19.2. The molecule has 2 unspecified atom stereocenters. The number of primary amides is 1. The van der Waals surface area contributed by atoms with Gasteiger partial charge in [0.05, 0.1) is 23.3 Å². The van der Waals surface area contributed by atoms with Crippen LogP contribution in [0.3, 0.4) is 0 Å². The fraction of sp³-hybridized carbons (Fsp3) is 0.417. The summed E-state index contributed by atoms with van der Waals surface area (Å²) in [6, 6.07) is 2.11. The average molecular weight is 499 g/mol. The maximum atomic E-state index is 13.6. The van der Waals surface area contributed by atoms with Crippen molar-refractivity contribution >= 4 is 40.8 Å². The Morgan fingerprint density at radius 3 is 2.50 bits per heavy atom. The number of phenolic OH excluding ortho intramolecular Hbond substituents is 1. The van der Waals surface area contributed by atoms with E-state index in [0.717, 1.165) is 0 Å². The summed E-state index contributed by atoms with van der Waals surface area (Å²) in [6.45, 7) is 5.19. The monoisotopic (exact) mass is 499 g/mol. The van der Waals surface area contributed by atoms with E-state index in [2.05, 4.69) is 17.2 Å². The highest BCUT2D eigenvalue weighted by Crippen LogP contribution is 2.54. The first-order valence-corrected chi connectivity index (χ1v) is 11.2. The van der Waals surface area contributed by atoms with Crippen LogP contribution < -0.4 is 16.4 Å². The topological polar surface area (TPSA) is 213 Å². The summed E-state index contributed by atoms with van der Waals surface area (Å²) in [7, 11) is 0. The van der Waals surface area contributed by atoms with Gasteiger partial charge in [0.15, 0.2) is 34.7 Å². The molecular weight excluding hydrogens is 474 g/mol. The molecule has 7 atom stereocenters. The van der Waals surface area contributed by atoms with E-state index in [0.29, 0.717) is 0 Å². The summed E-state index contributed by atoms with van der Waals surface area (Å²) in [4.78, 5) is 76.3. The Morgan fingerprint density at radius 1 is 1.22 bits per heavy atom. The Morgan fingerprint density at radius 2 is 1.89 bits per heavy atom. The normalized spacial score (nSPS) is 33.2. The molecule has 190 valence electrons. The summed E-state index contributed by atoms with van der Waals surface area (Å²) in [5, 5.41) is 38.1.